The van der Waals surface area contributed by atoms with Crippen LogP contribution in [0.1, 0.15) is 51.4 Å². The second-order valence-corrected chi connectivity index (χ2v) is 6.14. The largest absolute Gasteiger partial charge is 0.748 e. The van der Waals surface area contributed by atoms with Gasteiger partial charge in [0.2, 0.25) is 0 Å². The summed E-state index contributed by atoms with van der Waals surface area (Å²) in [6.07, 6.45) is 8.84. The van der Waals surface area contributed by atoms with Crippen LogP contribution in [-0.4, -0.2) is 31.3 Å². The predicted octanol–water partition coefficient (Wildman–Crippen LogP) is 1.62. The summed E-state index contributed by atoms with van der Waals surface area (Å²) >= 11 is 0. The molecule has 0 aromatic rings. The van der Waals surface area contributed by atoms with Crippen LogP contribution < -0.4 is 5.32 Å². The summed E-state index contributed by atoms with van der Waals surface area (Å²) in [5, 5.41) is 3.49. The fourth-order valence-corrected chi connectivity index (χ4v) is 2.75. The van der Waals surface area contributed by atoms with E-state index in [2.05, 4.69) is 5.32 Å². The Morgan fingerprint density at radius 2 is 1.75 bits per heavy atom. The zero-order chi connectivity index (χ0) is 11.9. The van der Waals surface area contributed by atoms with Gasteiger partial charge in [-0.05, 0) is 32.2 Å². The molecule has 1 N–H and O–H groups in total. The fraction of sp³-hybridized carbons (Fsp3) is 1.00. The first-order chi connectivity index (χ1) is 7.58. The minimum Gasteiger partial charge on any atom is -0.748 e. The third-order valence-corrected chi connectivity index (χ3v) is 3.90. The molecule has 16 heavy (non-hydrogen) atoms. The standard InChI is InChI=1S/C11H23NO3S/c13-16(14,15)10-6-2-5-9-12-11-7-3-1-4-8-11/h11-12H,1-10H2,(H,13,14,15)/p-1. The second-order valence-electron chi connectivity index (χ2n) is 4.61. The molecule has 1 saturated carbocycles. The second kappa shape index (κ2) is 7.25. The first-order valence-corrected chi connectivity index (χ1v) is 7.82. The van der Waals surface area contributed by atoms with Crippen LogP contribution in [0.15, 0.2) is 0 Å². The van der Waals surface area contributed by atoms with Crippen molar-refractivity contribution in [3.63, 3.8) is 0 Å². The maximum atomic E-state index is 10.3. The van der Waals surface area contributed by atoms with Crippen LogP contribution in [0.3, 0.4) is 0 Å². The summed E-state index contributed by atoms with van der Waals surface area (Å²) < 4.78 is 31.0. The van der Waals surface area contributed by atoms with E-state index in [1.165, 1.54) is 32.1 Å². The molecule has 0 unspecified atom stereocenters. The molecule has 1 rings (SSSR count). The molecule has 4 nitrogen and oxygen atoms in total. The zero-order valence-electron chi connectivity index (χ0n) is 9.78. The van der Waals surface area contributed by atoms with Gasteiger partial charge >= 0.3 is 0 Å². The van der Waals surface area contributed by atoms with Gasteiger partial charge in [0.25, 0.3) is 0 Å². The number of rotatable bonds is 7. The van der Waals surface area contributed by atoms with Crippen LogP contribution in [0.5, 0.6) is 0 Å². The van der Waals surface area contributed by atoms with Crippen LogP contribution in [0.2, 0.25) is 0 Å². The van der Waals surface area contributed by atoms with E-state index in [0.29, 0.717) is 12.5 Å². The first kappa shape index (κ1) is 13.9. The molecule has 0 saturated heterocycles. The van der Waals surface area contributed by atoms with Crippen molar-refractivity contribution in [2.24, 2.45) is 0 Å². The van der Waals surface area contributed by atoms with Crippen molar-refractivity contribution in [3.05, 3.63) is 0 Å². The van der Waals surface area contributed by atoms with E-state index in [1.807, 2.05) is 0 Å². The Labute approximate surface area is 98.6 Å². The van der Waals surface area contributed by atoms with E-state index in [1.54, 1.807) is 0 Å². The third-order valence-electron chi connectivity index (χ3n) is 3.11. The SMILES string of the molecule is O=S(=O)([O-])CCCCCNC1CCCCC1. The Kier molecular flexibility index (Phi) is 6.31. The zero-order valence-corrected chi connectivity index (χ0v) is 10.6. The molecule has 0 aromatic carbocycles. The van der Waals surface area contributed by atoms with E-state index in [0.717, 1.165) is 19.4 Å². The first-order valence-electron chi connectivity index (χ1n) is 6.25. The summed E-state index contributed by atoms with van der Waals surface area (Å²) in [5.41, 5.74) is 0. The summed E-state index contributed by atoms with van der Waals surface area (Å²) in [4.78, 5) is 0. The van der Waals surface area contributed by atoms with Crippen molar-refractivity contribution in [2.45, 2.75) is 57.4 Å². The van der Waals surface area contributed by atoms with E-state index < -0.39 is 10.1 Å². The van der Waals surface area contributed by atoms with E-state index in [-0.39, 0.29) is 5.75 Å². The summed E-state index contributed by atoms with van der Waals surface area (Å²) in [5.74, 6) is -0.212. The highest BCUT2D eigenvalue weighted by Gasteiger charge is 2.11. The van der Waals surface area contributed by atoms with Gasteiger partial charge in [0.15, 0.2) is 0 Å². The van der Waals surface area contributed by atoms with E-state index in [9.17, 15) is 13.0 Å². The Morgan fingerprint density at radius 3 is 2.38 bits per heavy atom. The van der Waals surface area contributed by atoms with Crippen molar-refractivity contribution in [2.75, 3.05) is 12.3 Å². The van der Waals surface area contributed by atoms with Crippen molar-refractivity contribution >= 4 is 10.1 Å². The summed E-state index contributed by atoms with van der Waals surface area (Å²) in [6.45, 7) is 0.948. The Hall–Kier alpha value is -0.130. The van der Waals surface area contributed by atoms with Gasteiger partial charge in [-0.2, -0.15) is 0 Å². The molecule has 0 amide bonds. The van der Waals surface area contributed by atoms with Gasteiger partial charge in [-0.15, -0.1) is 0 Å². The van der Waals surface area contributed by atoms with Gasteiger partial charge < -0.3 is 9.87 Å². The molecule has 0 atom stereocenters. The molecule has 0 bridgehead atoms. The number of nitrogens with one attached hydrogen (secondary N) is 1. The Bertz CT molecular complexity index is 271. The van der Waals surface area contributed by atoms with Crippen molar-refractivity contribution < 1.29 is 13.0 Å². The molecule has 1 fully saturated rings. The normalized spacial score (nSPS) is 18.8. The minimum atomic E-state index is -4.00. The predicted molar refractivity (Wildman–Crippen MR) is 63.3 cm³/mol. The average Bonchev–Trinajstić information content (AvgIpc) is 2.23. The lowest BCUT2D eigenvalue weighted by molar-refractivity contribution is 0.370. The number of hydrogen-bond donors (Lipinski definition) is 1. The smallest absolute Gasteiger partial charge is 0.0945 e. The quantitative estimate of drug-likeness (QED) is 0.549. The van der Waals surface area contributed by atoms with Gasteiger partial charge in [0.05, 0.1) is 10.1 Å². The Balaban J connectivity index is 1.91. The van der Waals surface area contributed by atoms with Gasteiger partial charge in [-0.1, -0.05) is 25.7 Å². The van der Waals surface area contributed by atoms with Gasteiger partial charge in [-0.25, -0.2) is 8.42 Å². The lowest BCUT2D eigenvalue weighted by Crippen LogP contribution is -2.31. The summed E-state index contributed by atoms with van der Waals surface area (Å²) in [7, 11) is -4.00. The van der Waals surface area contributed by atoms with E-state index >= 15 is 0 Å². The molecule has 0 spiro atoms. The van der Waals surface area contributed by atoms with Gasteiger partial charge in [0.1, 0.15) is 0 Å². The number of hydrogen-bond acceptors (Lipinski definition) is 4. The van der Waals surface area contributed by atoms with Gasteiger partial charge in [0, 0.05) is 11.8 Å². The molecular weight excluding hydrogens is 226 g/mol. The molecular formula is C11H22NO3S-. The minimum absolute atomic E-state index is 0.212. The highest BCUT2D eigenvalue weighted by molar-refractivity contribution is 7.85. The van der Waals surface area contributed by atoms with Crippen LogP contribution in [-0.2, 0) is 10.1 Å². The van der Waals surface area contributed by atoms with Crippen molar-refractivity contribution in [1.29, 1.82) is 0 Å². The average molecular weight is 248 g/mol. The van der Waals surface area contributed by atoms with Crippen molar-refractivity contribution in [1.82, 2.24) is 5.32 Å². The molecule has 1 aliphatic rings. The lowest BCUT2D eigenvalue weighted by atomic mass is 9.95. The molecule has 0 aromatic heterocycles. The van der Waals surface area contributed by atoms with Crippen LogP contribution in [0.4, 0.5) is 0 Å². The molecule has 5 heteroatoms. The fourth-order valence-electron chi connectivity index (χ4n) is 2.19. The topological polar surface area (TPSA) is 69.2 Å². The van der Waals surface area contributed by atoms with Crippen LogP contribution in [0.25, 0.3) is 0 Å². The van der Waals surface area contributed by atoms with E-state index in [4.69, 9.17) is 0 Å². The maximum Gasteiger partial charge on any atom is 0.0945 e. The molecule has 0 radical (unpaired) electrons. The Morgan fingerprint density at radius 1 is 1.06 bits per heavy atom. The monoisotopic (exact) mass is 248 g/mol. The van der Waals surface area contributed by atoms with Crippen LogP contribution in [0, 0.1) is 0 Å². The molecule has 1 aliphatic carbocycles. The highest BCUT2D eigenvalue weighted by Crippen LogP contribution is 2.17. The third kappa shape index (κ3) is 7.19. The maximum absolute atomic E-state index is 10.3. The number of unbranched alkanes of at least 4 members (excludes halogenated alkanes) is 2. The molecule has 0 aliphatic heterocycles. The van der Waals surface area contributed by atoms with Crippen LogP contribution >= 0.6 is 0 Å². The molecule has 96 valence electrons. The van der Waals surface area contributed by atoms with Gasteiger partial charge in [-0.3, -0.25) is 0 Å². The van der Waals surface area contributed by atoms with Crippen molar-refractivity contribution in [3.8, 4) is 0 Å². The molecule has 0 heterocycles. The lowest BCUT2D eigenvalue weighted by Gasteiger charge is -2.22. The highest BCUT2D eigenvalue weighted by atomic mass is 32.2. The summed E-state index contributed by atoms with van der Waals surface area (Å²) in [6, 6.07) is 0.664.